The van der Waals surface area contributed by atoms with E-state index in [-0.39, 0.29) is 11.8 Å². The molecule has 2 bridgehead atoms. The summed E-state index contributed by atoms with van der Waals surface area (Å²) < 4.78 is 0. The molecule has 2 N–H and O–H groups in total. The molecule has 16 heavy (non-hydrogen) atoms. The van der Waals surface area contributed by atoms with E-state index >= 15 is 0 Å². The first-order valence-corrected chi connectivity index (χ1v) is 6.61. The highest BCUT2D eigenvalue weighted by molar-refractivity contribution is 5.78. The minimum absolute atomic E-state index is 0.131. The third-order valence-electron chi connectivity index (χ3n) is 4.38. The molecule has 0 aliphatic carbocycles. The van der Waals surface area contributed by atoms with E-state index in [2.05, 4.69) is 24.5 Å². The molecule has 1 amide bonds. The van der Waals surface area contributed by atoms with Crippen LogP contribution in [0.2, 0.25) is 0 Å². The molecule has 2 rings (SSSR count). The van der Waals surface area contributed by atoms with Gasteiger partial charge in [0.15, 0.2) is 0 Å². The van der Waals surface area contributed by atoms with Crippen LogP contribution in [0.25, 0.3) is 0 Å². The van der Waals surface area contributed by atoms with Gasteiger partial charge in [0, 0.05) is 24.5 Å². The van der Waals surface area contributed by atoms with Crippen molar-refractivity contribution in [1.29, 1.82) is 0 Å². The minimum atomic E-state index is 0.131. The second-order valence-electron chi connectivity index (χ2n) is 5.82. The van der Waals surface area contributed by atoms with Gasteiger partial charge in [-0.3, -0.25) is 4.79 Å². The lowest BCUT2D eigenvalue weighted by molar-refractivity contribution is -0.125. The molecule has 0 aromatic heterocycles. The zero-order valence-electron chi connectivity index (χ0n) is 10.6. The molecule has 0 spiro atoms. The average molecular weight is 224 g/mol. The molecule has 2 heterocycles. The molecule has 0 aromatic rings. The van der Waals surface area contributed by atoms with E-state index in [0.29, 0.717) is 17.9 Å². The fraction of sp³-hybridized carbons (Fsp3) is 0.923. The van der Waals surface area contributed by atoms with E-state index < -0.39 is 0 Å². The van der Waals surface area contributed by atoms with Crippen LogP contribution in [0.15, 0.2) is 0 Å². The van der Waals surface area contributed by atoms with Crippen molar-refractivity contribution in [3.63, 3.8) is 0 Å². The highest BCUT2D eigenvalue weighted by Gasteiger charge is 2.38. The Morgan fingerprint density at radius 3 is 2.62 bits per heavy atom. The smallest absolute Gasteiger partial charge is 0.223 e. The van der Waals surface area contributed by atoms with E-state index in [0.717, 1.165) is 12.6 Å². The highest BCUT2D eigenvalue weighted by Crippen LogP contribution is 2.32. The summed E-state index contributed by atoms with van der Waals surface area (Å²) >= 11 is 0. The molecule has 0 radical (unpaired) electrons. The van der Waals surface area contributed by atoms with Gasteiger partial charge in [-0.25, -0.2) is 0 Å². The van der Waals surface area contributed by atoms with Gasteiger partial charge < -0.3 is 10.6 Å². The monoisotopic (exact) mass is 224 g/mol. The number of carbonyl (C=O) groups excluding carboxylic acids is 1. The van der Waals surface area contributed by atoms with Crippen LogP contribution in [0.3, 0.4) is 0 Å². The summed E-state index contributed by atoms with van der Waals surface area (Å²) in [4.78, 5) is 11.8. The Hall–Kier alpha value is -0.570. The van der Waals surface area contributed by atoms with Crippen LogP contribution < -0.4 is 10.6 Å². The van der Waals surface area contributed by atoms with Gasteiger partial charge in [-0.05, 0) is 31.1 Å². The Balaban J connectivity index is 1.73. The Kier molecular flexibility index (Phi) is 3.53. The average Bonchev–Trinajstić information content (AvgIpc) is 2.86. The maximum Gasteiger partial charge on any atom is 0.223 e. The first-order chi connectivity index (χ1) is 7.58. The van der Waals surface area contributed by atoms with Gasteiger partial charge in [0.1, 0.15) is 0 Å². The third-order valence-corrected chi connectivity index (χ3v) is 4.38. The lowest BCUT2D eigenvalue weighted by Crippen LogP contribution is -2.38. The van der Waals surface area contributed by atoms with Crippen LogP contribution >= 0.6 is 0 Å². The highest BCUT2D eigenvalue weighted by atomic mass is 16.1. The summed E-state index contributed by atoms with van der Waals surface area (Å²) in [7, 11) is 0. The molecule has 0 aromatic carbocycles. The van der Waals surface area contributed by atoms with E-state index in [1.165, 1.54) is 19.3 Å². The fourth-order valence-corrected chi connectivity index (χ4v) is 2.86. The number of amides is 1. The minimum Gasteiger partial charge on any atom is -0.356 e. The summed E-state index contributed by atoms with van der Waals surface area (Å²) in [5.74, 6) is 1.45. The topological polar surface area (TPSA) is 41.1 Å². The summed E-state index contributed by atoms with van der Waals surface area (Å²) in [5, 5.41) is 6.71. The van der Waals surface area contributed by atoms with E-state index in [1.807, 2.05) is 6.92 Å². The Morgan fingerprint density at radius 2 is 2.12 bits per heavy atom. The van der Waals surface area contributed by atoms with Gasteiger partial charge in [0.05, 0.1) is 0 Å². The maximum absolute atomic E-state index is 11.8. The van der Waals surface area contributed by atoms with Crippen molar-refractivity contribution in [2.45, 2.75) is 52.1 Å². The summed E-state index contributed by atoms with van der Waals surface area (Å²) in [6, 6.07) is 1.40. The lowest BCUT2D eigenvalue weighted by atomic mass is 9.89. The predicted molar refractivity (Wildman–Crippen MR) is 65.1 cm³/mol. The molecule has 3 heteroatoms. The Labute approximate surface area is 98.4 Å². The van der Waals surface area contributed by atoms with E-state index in [4.69, 9.17) is 0 Å². The van der Waals surface area contributed by atoms with Gasteiger partial charge >= 0.3 is 0 Å². The molecule has 2 aliphatic heterocycles. The quantitative estimate of drug-likeness (QED) is 0.760. The number of fused-ring (bicyclic) bond motifs is 2. The fourth-order valence-electron chi connectivity index (χ4n) is 2.86. The number of nitrogens with one attached hydrogen (secondary N) is 2. The van der Waals surface area contributed by atoms with Gasteiger partial charge in [0.2, 0.25) is 5.91 Å². The van der Waals surface area contributed by atoms with Crippen molar-refractivity contribution in [2.75, 3.05) is 6.54 Å². The first kappa shape index (κ1) is 11.9. The van der Waals surface area contributed by atoms with Crippen molar-refractivity contribution in [3.05, 3.63) is 0 Å². The normalized spacial score (nSPS) is 34.4. The van der Waals surface area contributed by atoms with Gasteiger partial charge in [-0.2, -0.15) is 0 Å². The maximum atomic E-state index is 11.8. The largest absolute Gasteiger partial charge is 0.356 e. The molecule has 2 fully saturated rings. The second-order valence-corrected chi connectivity index (χ2v) is 5.82. The molecule has 2 saturated heterocycles. The van der Waals surface area contributed by atoms with Crippen LogP contribution in [0.1, 0.15) is 40.0 Å². The SMILES string of the molecule is CC(C)C(C)C(=O)NCC1CC2CCC1N2. The van der Waals surface area contributed by atoms with E-state index in [1.54, 1.807) is 0 Å². The van der Waals surface area contributed by atoms with E-state index in [9.17, 15) is 4.79 Å². The third kappa shape index (κ3) is 2.40. The van der Waals surface area contributed by atoms with Crippen molar-refractivity contribution >= 4 is 5.91 Å². The molecule has 4 unspecified atom stereocenters. The molecule has 4 atom stereocenters. The standard InChI is InChI=1S/C13H24N2O/c1-8(2)9(3)13(16)14-7-10-6-11-4-5-12(10)15-11/h8-12,15H,4-7H2,1-3H3,(H,14,16). The molecule has 3 nitrogen and oxygen atoms in total. The zero-order valence-corrected chi connectivity index (χ0v) is 10.6. The molecular formula is C13H24N2O. The molecular weight excluding hydrogens is 200 g/mol. The zero-order chi connectivity index (χ0) is 11.7. The van der Waals surface area contributed by atoms with Crippen LogP contribution in [0.5, 0.6) is 0 Å². The lowest BCUT2D eigenvalue weighted by Gasteiger charge is -2.22. The van der Waals surface area contributed by atoms with Crippen LogP contribution in [0, 0.1) is 17.8 Å². The van der Waals surface area contributed by atoms with Crippen molar-refractivity contribution in [1.82, 2.24) is 10.6 Å². The van der Waals surface area contributed by atoms with Gasteiger partial charge in [0.25, 0.3) is 0 Å². The molecule has 0 saturated carbocycles. The molecule has 2 aliphatic rings. The number of hydrogen-bond donors (Lipinski definition) is 2. The predicted octanol–water partition coefficient (Wildman–Crippen LogP) is 1.54. The second kappa shape index (κ2) is 4.74. The number of rotatable bonds is 4. The Morgan fingerprint density at radius 1 is 1.38 bits per heavy atom. The van der Waals surface area contributed by atoms with Crippen LogP contribution in [-0.2, 0) is 4.79 Å². The van der Waals surface area contributed by atoms with Gasteiger partial charge in [-0.15, -0.1) is 0 Å². The van der Waals surface area contributed by atoms with Crippen molar-refractivity contribution < 1.29 is 4.79 Å². The number of carbonyl (C=O) groups is 1. The molecule has 92 valence electrons. The summed E-state index contributed by atoms with van der Waals surface area (Å²) in [6.07, 6.45) is 3.88. The summed E-state index contributed by atoms with van der Waals surface area (Å²) in [5.41, 5.74) is 0. The first-order valence-electron chi connectivity index (χ1n) is 6.61. The van der Waals surface area contributed by atoms with Crippen LogP contribution in [0.4, 0.5) is 0 Å². The van der Waals surface area contributed by atoms with Crippen molar-refractivity contribution in [2.24, 2.45) is 17.8 Å². The Bertz CT molecular complexity index is 265. The summed E-state index contributed by atoms with van der Waals surface area (Å²) in [6.45, 7) is 7.08. The van der Waals surface area contributed by atoms with Crippen LogP contribution in [-0.4, -0.2) is 24.5 Å². The van der Waals surface area contributed by atoms with Crippen molar-refractivity contribution in [3.8, 4) is 0 Å². The van der Waals surface area contributed by atoms with Gasteiger partial charge in [-0.1, -0.05) is 20.8 Å². The number of hydrogen-bond acceptors (Lipinski definition) is 2.